The van der Waals surface area contributed by atoms with Crippen molar-refractivity contribution < 1.29 is 9.53 Å². The first-order valence-electron chi connectivity index (χ1n) is 6.76. The molecule has 3 unspecified atom stereocenters. The average Bonchev–Trinajstić information content (AvgIpc) is 2.57. The van der Waals surface area contributed by atoms with Gasteiger partial charge in [0.25, 0.3) is 0 Å². The molecule has 100 valence electrons. The molecule has 3 aliphatic rings. The molecule has 4 nitrogen and oxygen atoms in total. The van der Waals surface area contributed by atoms with Crippen molar-refractivity contribution >= 4 is 6.09 Å². The fraction of sp³-hybridized carbons (Fsp3) is 0.857. The first-order valence-corrected chi connectivity index (χ1v) is 6.76. The van der Waals surface area contributed by atoms with E-state index in [1.54, 1.807) is 0 Å². The predicted molar refractivity (Wildman–Crippen MR) is 67.7 cm³/mol. The number of amides is 1. The molecule has 18 heavy (non-hydrogen) atoms. The smallest absolute Gasteiger partial charge is 0.410 e. The average molecular weight is 250 g/mol. The quantitative estimate of drug-likeness (QED) is 0.664. The second-order valence-electron chi connectivity index (χ2n) is 6.56. The summed E-state index contributed by atoms with van der Waals surface area (Å²) in [6.07, 6.45) is 2.93. The largest absolute Gasteiger partial charge is 0.444 e. The van der Waals surface area contributed by atoms with Crippen LogP contribution in [-0.2, 0) is 4.74 Å². The fourth-order valence-corrected chi connectivity index (χ4v) is 3.01. The Balaban J connectivity index is 2.04. The van der Waals surface area contributed by atoms with E-state index in [9.17, 15) is 4.79 Å². The number of carbonyl (C=O) groups excluding carboxylic acids is 1. The summed E-state index contributed by atoms with van der Waals surface area (Å²) in [5, 5.41) is 9.16. The minimum absolute atomic E-state index is 0.121. The minimum atomic E-state index is -0.447. The highest BCUT2D eigenvalue weighted by Crippen LogP contribution is 2.38. The highest BCUT2D eigenvalue weighted by Gasteiger charge is 2.39. The maximum absolute atomic E-state index is 12.1. The van der Waals surface area contributed by atoms with Gasteiger partial charge in [-0.05, 0) is 51.9 Å². The standard InChI is InChI=1S/C14H22N2O2/c1-14(2,3)18-13(17)16-8-10-4-5-11(9-16)12(6-10)7-15/h10-12H,4-6,8-9H2,1-3H3. The topological polar surface area (TPSA) is 53.3 Å². The molecule has 0 aromatic carbocycles. The number of hydrogen-bond donors (Lipinski definition) is 0. The van der Waals surface area contributed by atoms with Gasteiger partial charge in [0.15, 0.2) is 0 Å². The van der Waals surface area contributed by atoms with Gasteiger partial charge in [-0.1, -0.05) is 0 Å². The molecule has 2 aliphatic heterocycles. The molecule has 2 saturated heterocycles. The number of carbonyl (C=O) groups is 1. The molecule has 3 rings (SSSR count). The Labute approximate surface area is 109 Å². The van der Waals surface area contributed by atoms with Gasteiger partial charge >= 0.3 is 6.09 Å². The summed E-state index contributed by atoms with van der Waals surface area (Å²) in [6.45, 7) is 7.09. The number of rotatable bonds is 0. The van der Waals surface area contributed by atoms with Crippen molar-refractivity contribution in [3.63, 3.8) is 0 Å². The van der Waals surface area contributed by atoms with E-state index >= 15 is 0 Å². The molecule has 2 heterocycles. The fourth-order valence-electron chi connectivity index (χ4n) is 3.01. The molecular weight excluding hydrogens is 228 g/mol. The van der Waals surface area contributed by atoms with E-state index in [1.165, 1.54) is 0 Å². The number of fused-ring (bicyclic) bond motifs is 4. The molecule has 3 fully saturated rings. The molecule has 3 atom stereocenters. The van der Waals surface area contributed by atoms with Crippen molar-refractivity contribution in [2.45, 2.75) is 45.6 Å². The van der Waals surface area contributed by atoms with E-state index in [0.717, 1.165) is 25.8 Å². The maximum atomic E-state index is 12.1. The Morgan fingerprint density at radius 1 is 1.33 bits per heavy atom. The zero-order valence-corrected chi connectivity index (χ0v) is 11.5. The lowest BCUT2D eigenvalue weighted by atomic mass is 9.76. The summed E-state index contributed by atoms with van der Waals surface area (Å²) in [5.41, 5.74) is -0.447. The van der Waals surface area contributed by atoms with Crippen molar-refractivity contribution in [1.82, 2.24) is 4.90 Å². The van der Waals surface area contributed by atoms with E-state index in [2.05, 4.69) is 6.07 Å². The Hall–Kier alpha value is -1.24. The number of nitriles is 1. The zero-order valence-electron chi connectivity index (χ0n) is 11.5. The van der Waals surface area contributed by atoms with Crippen LogP contribution in [-0.4, -0.2) is 29.7 Å². The van der Waals surface area contributed by atoms with E-state index in [1.807, 2.05) is 25.7 Å². The number of hydrogen-bond acceptors (Lipinski definition) is 3. The molecule has 0 spiro atoms. The van der Waals surface area contributed by atoms with Crippen LogP contribution in [0.3, 0.4) is 0 Å². The van der Waals surface area contributed by atoms with Gasteiger partial charge in [-0.2, -0.15) is 5.26 Å². The molecule has 1 amide bonds. The van der Waals surface area contributed by atoms with Crippen molar-refractivity contribution in [2.24, 2.45) is 17.8 Å². The first kappa shape index (κ1) is 13.2. The molecule has 0 aromatic heterocycles. The van der Waals surface area contributed by atoms with Crippen LogP contribution in [0, 0.1) is 29.1 Å². The zero-order chi connectivity index (χ0) is 13.3. The summed E-state index contributed by atoms with van der Waals surface area (Å²) >= 11 is 0. The second-order valence-corrected chi connectivity index (χ2v) is 6.56. The van der Waals surface area contributed by atoms with Crippen LogP contribution in [0.25, 0.3) is 0 Å². The van der Waals surface area contributed by atoms with Crippen LogP contribution >= 0.6 is 0 Å². The lowest BCUT2D eigenvalue weighted by Gasteiger charge is -2.27. The van der Waals surface area contributed by atoms with Crippen molar-refractivity contribution in [3.05, 3.63) is 0 Å². The van der Waals surface area contributed by atoms with Crippen LogP contribution in [0.15, 0.2) is 0 Å². The number of ether oxygens (including phenoxy) is 1. The van der Waals surface area contributed by atoms with Gasteiger partial charge in [-0.15, -0.1) is 0 Å². The van der Waals surface area contributed by atoms with Crippen molar-refractivity contribution in [3.8, 4) is 6.07 Å². The Morgan fingerprint density at radius 3 is 2.67 bits per heavy atom. The van der Waals surface area contributed by atoms with Gasteiger partial charge in [-0.3, -0.25) is 0 Å². The monoisotopic (exact) mass is 250 g/mol. The highest BCUT2D eigenvalue weighted by molar-refractivity contribution is 5.68. The van der Waals surface area contributed by atoms with Crippen LogP contribution < -0.4 is 0 Å². The molecule has 4 heteroatoms. The van der Waals surface area contributed by atoms with E-state index < -0.39 is 5.60 Å². The summed E-state index contributed by atoms with van der Waals surface area (Å²) in [6, 6.07) is 2.40. The third-order valence-electron chi connectivity index (χ3n) is 3.85. The predicted octanol–water partition coefficient (Wildman–Crippen LogP) is 2.79. The first-order chi connectivity index (χ1) is 8.39. The summed E-state index contributed by atoms with van der Waals surface area (Å²) < 4.78 is 5.43. The molecule has 1 saturated carbocycles. The van der Waals surface area contributed by atoms with E-state index in [-0.39, 0.29) is 12.0 Å². The Kier molecular flexibility index (Phi) is 3.52. The van der Waals surface area contributed by atoms with Crippen molar-refractivity contribution in [2.75, 3.05) is 13.1 Å². The van der Waals surface area contributed by atoms with E-state index in [0.29, 0.717) is 18.4 Å². The third-order valence-corrected chi connectivity index (χ3v) is 3.85. The Bertz CT molecular complexity index is 367. The molecule has 0 N–H and O–H groups in total. The van der Waals surface area contributed by atoms with Crippen LogP contribution in [0.2, 0.25) is 0 Å². The SMILES string of the molecule is CC(C)(C)OC(=O)N1CC2CCC(C1)C(C#N)C2. The van der Waals surface area contributed by atoms with Gasteiger partial charge < -0.3 is 9.64 Å². The Morgan fingerprint density at radius 2 is 2.06 bits per heavy atom. The number of nitrogens with zero attached hydrogens (tertiary/aromatic N) is 2. The van der Waals surface area contributed by atoms with Crippen LogP contribution in [0.4, 0.5) is 4.79 Å². The van der Waals surface area contributed by atoms with E-state index in [4.69, 9.17) is 10.00 Å². The van der Waals surface area contributed by atoms with Gasteiger partial charge in [0, 0.05) is 13.1 Å². The van der Waals surface area contributed by atoms with Gasteiger partial charge in [0.1, 0.15) is 5.60 Å². The third kappa shape index (κ3) is 2.95. The second kappa shape index (κ2) is 4.79. The van der Waals surface area contributed by atoms with Gasteiger partial charge in [0.2, 0.25) is 0 Å². The van der Waals surface area contributed by atoms with Crippen LogP contribution in [0.5, 0.6) is 0 Å². The summed E-state index contributed by atoms with van der Waals surface area (Å²) in [5.74, 6) is 0.929. The molecule has 2 bridgehead atoms. The molecule has 0 radical (unpaired) electrons. The molecule has 0 aromatic rings. The van der Waals surface area contributed by atoms with Gasteiger partial charge in [-0.25, -0.2) is 4.79 Å². The molecule has 1 aliphatic carbocycles. The summed E-state index contributed by atoms with van der Waals surface area (Å²) in [7, 11) is 0. The minimum Gasteiger partial charge on any atom is -0.444 e. The maximum Gasteiger partial charge on any atom is 0.410 e. The normalized spacial score (nSPS) is 31.7. The molecular formula is C14H22N2O2. The van der Waals surface area contributed by atoms with Crippen molar-refractivity contribution in [1.29, 1.82) is 5.26 Å². The van der Waals surface area contributed by atoms with Gasteiger partial charge in [0.05, 0.1) is 12.0 Å². The summed E-state index contributed by atoms with van der Waals surface area (Å²) in [4.78, 5) is 13.9. The highest BCUT2D eigenvalue weighted by atomic mass is 16.6. The van der Waals surface area contributed by atoms with Crippen LogP contribution in [0.1, 0.15) is 40.0 Å². The lowest BCUT2D eigenvalue weighted by Crippen LogP contribution is -2.39. The lowest BCUT2D eigenvalue weighted by molar-refractivity contribution is 0.0230.